The van der Waals surface area contributed by atoms with Crippen LogP contribution in [0.4, 0.5) is 0 Å². The lowest BCUT2D eigenvalue weighted by Gasteiger charge is -2.04. The van der Waals surface area contributed by atoms with Crippen molar-refractivity contribution in [2.75, 3.05) is 7.05 Å². The standard InChI is InChI=1S/C10H13N.C2H4O2/c1-11-10-6-8-4-2-3-5-9(8)7-10;1-2(3)4/h2-5,10-11H,6-7H2,1H3;1H3,(H,3,4). The topological polar surface area (TPSA) is 49.3 Å². The van der Waals surface area contributed by atoms with Crippen LogP contribution < -0.4 is 5.32 Å². The molecule has 1 aliphatic carbocycles. The van der Waals surface area contributed by atoms with Crippen LogP contribution in [-0.2, 0) is 17.6 Å². The Labute approximate surface area is 90.1 Å². The third-order valence-corrected chi connectivity index (χ3v) is 2.46. The maximum Gasteiger partial charge on any atom is 0.300 e. The molecule has 3 nitrogen and oxygen atoms in total. The molecule has 0 saturated heterocycles. The van der Waals surface area contributed by atoms with Gasteiger partial charge < -0.3 is 10.4 Å². The normalized spacial score (nSPS) is 14.0. The number of carbonyl (C=O) groups is 1. The molecular weight excluding hydrogens is 190 g/mol. The van der Waals surface area contributed by atoms with Crippen molar-refractivity contribution >= 4 is 5.97 Å². The van der Waals surface area contributed by atoms with E-state index in [0.29, 0.717) is 6.04 Å². The zero-order chi connectivity index (χ0) is 11.3. The smallest absolute Gasteiger partial charge is 0.300 e. The summed E-state index contributed by atoms with van der Waals surface area (Å²) in [5.41, 5.74) is 3.04. The second-order valence-corrected chi connectivity index (χ2v) is 3.68. The first-order valence-electron chi connectivity index (χ1n) is 5.07. The summed E-state index contributed by atoms with van der Waals surface area (Å²) in [5, 5.41) is 10.7. The summed E-state index contributed by atoms with van der Waals surface area (Å²) < 4.78 is 0. The fraction of sp³-hybridized carbons (Fsp3) is 0.417. The van der Waals surface area contributed by atoms with E-state index in [1.54, 1.807) is 0 Å². The molecule has 1 aromatic carbocycles. The molecule has 0 unspecified atom stereocenters. The van der Waals surface area contributed by atoms with E-state index in [0.717, 1.165) is 6.92 Å². The summed E-state index contributed by atoms with van der Waals surface area (Å²) in [6.45, 7) is 1.08. The van der Waals surface area contributed by atoms with Gasteiger partial charge in [0.15, 0.2) is 0 Å². The van der Waals surface area contributed by atoms with Crippen LogP contribution in [0.3, 0.4) is 0 Å². The van der Waals surface area contributed by atoms with Crippen LogP contribution >= 0.6 is 0 Å². The highest BCUT2D eigenvalue weighted by Gasteiger charge is 2.18. The molecule has 1 aliphatic rings. The Morgan fingerprint density at radius 1 is 1.33 bits per heavy atom. The molecule has 0 atom stereocenters. The molecule has 0 bridgehead atoms. The minimum Gasteiger partial charge on any atom is -0.481 e. The van der Waals surface area contributed by atoms with Gasteiger partial charge in [-0.05, 0) is 31.0 Å². The first-order chi connectivity index (χ1) is 7.13. The zero-order valence-corrected chi connectivity index (χ0v) is 9.16. The van der Waals surface area contributed by atoms with Crippen molar-refractivity contribution in [3.05, 3.63) is 35.4 Å². The molecular formula is C12H17NO2. The van der Waals surface area contributed by atoms with Crippen LogP contribution in [0.2, 0.25) is 0 Å². The fourth-order valence-corrected chi connectivity index (χ4v) is 1.76. The highest BCUT2D eigenvalue weighted by molar-refractivity contribution is 5.62. The Kier molecular flexibility index (Phi) is 4.31. The third kappa shape index (κ3) is 3.72. The van der Waals surface area contributed by atoms with E-state index in [2.05, 4.69) is 29.6 Å². The Hall–Kier alpha value is -1.35. The molecule has 1 aromatic rings. The van der Waals surface area contributed by atoms with Gasteiger partial charge in [0.25, 0.3) is 5.97 Å². The van der Waals surface area contributed by atoms with Gasteiger partial charge in [0.2, 0.25) is 0 Å². The predicted molar refractivity (Wildman–Crippen MR) is 60.0 cm³/mol. The molecule has 0 aliphatic heterocycles. The lowest BCUT2D eigenvalue weighted by atomic mass is 10.1. The van der Waals surface area contributed by atoms with Crippen molar-refractivity contribution in [1.29, 1.82) is 0 Å². The first kappa shape index (κ1) is 11.7. The van der Waals surface area contributed by atoms with Crippen molar-refractivity contribution in [1.82, 2.24) is 5.32 Å². The molecule has 15 heavy (non-hydrogen) atoms. The molecule has 0 saturated carbocycles. The van der Waals surface area contributed by atoms with Crippen LogP contribution in [0.5, 0.6) is 0 Å². The van der Waals surface area contributed by atoms with Crippen LogP contribution in [0.15, 0.2) is 24.3 Å². The molecule has 0 fully saturated rings. The van der Waals surface area contributed by atoms with Gasteiger partial charge >= 0.3 is 0 Å². The van der Waals surface area contributed by atoms with Crippen LogP contribution in [0, 0.1) is 0 Å². The third-order valence-electron chi connectivity index (χ3n) is 2.46. The number of rotatable bonds is 1. The molecule has 2 N–H and O–H groups in total. The molecule has 0 aromatic heterocycles. The van der Waals surface area contributed by atoms with Crippen LogP contribution in [0.25, 0.3) is 0 Å². The summed E-state index contributed by atoms with van der Waals surface area (Å²) in [4.78, 5) is 9.00. The van der Waals surface area contributed by atoms with Crippen molar-refractivity contribution in [2.24, 2.45) is 0 Å². The lowest BCUT2D eigenvalue weighted by molar-refractivity contribution is -0.134. The Morgan fingerprint density at radius 3 is 2.07 bits per heavy atom. The van der Waals surface area contributed by atoms with Gasteiger partial charge in [0.1, 0.15) is 0 Å². The number of likely N-dealkylation sites (N-methyl/N-ethyl adjacent to an activating group) is 1. The van der Waals surface area contributed by atoms with Crippen molar-refractivity contribution < 1.29 is 9.90 Å². The van der Waals surface area contributed by atoms with E-state index >= 15 is 0 Å². The minimum atomic E-state index is -0.833. The molecule has 3 heteroatoms. The molecule has 0 radical (unpaired) electrons. The highest BCUT2D eigenvalue weighted by Crippen LogP contribution is 2.20. The number of aliphatic carboxylic acids is 1. The van der Waals surface area contributed by atoms with E-state index in [1.165, 1.54) is 24.0 Å². The number of carboxylic acid groups (broad SMARTS) is 1. The van der Waals surface area contributed by atoms with E-state index in [4.69, 9.17) is 9.90 Å². The second kappa shape index (κ2) is 5.51. The van der Waals surface area contributed by atoms with Crippen LogP contribution in [0.1, 0.15) is 18.1 Å². The van der Waals surface area contributed by atoms with Crippen molar-refractivity contribution in [2.45, 2.75) is 25.8 Å². The minimum absolute atomic E-state index is 0.674. The van der Waals surface area contributed by atoms with Gasteiger partial charge in [-0.3, -0.25) is 4.79 Å². The SMILES string of the molecule is CC(=O)O.CNC1Cc2ccccc2C1. The molecule has 0 spiro atoms. The quantitative estimate of drug-likeness (QED) is 0.733. The van der Waals surface area contributed by atoms with Gasteiger partial charge in [-0.25, -0.2) is 0 Å². The van der Waals surface area contributed by atoms with Gasteiger partial charge in [-0.1, -0.05) is 24.3 Å². The van der Waals surface area contributed by atoms with Gasteiger partial charge in [-0.15, -0.1) is 0 Å². The van der Waals surface area contributed by atoms with E-state index in [9.17, 15) is 0 Å². The zero-order valence-electron chi connectivity index (χ0n) is 9.16. The highest BCUT2D eigenvalue weighted by atomic mass is 16.4. The van der Waals surface area contributed by atoms with Gasteiger partial charge in [-0.2, -0.15) is 0 Å². The summed E-state index contributed by atoms with van der Waals surface area (Å²) in [6.07, 6.45) is 2.40. The summed E-state index contributed by atoms with van der Waals surface area (Å²) >= 11 is 0. The summed E-state index contributed by atoms with van der Waals surface area (Å²) in [7, 11) is 2.04. The van der Waals surface area contributed by atoms with Crippen molar-refractivity contribution in [3.63, 3.8) is 0 Å². The monoisotopic (exact) mass is 207 g/mol. The Balaban J connectivity index is 0.000000245. The van der Waals surface area contributed by atoms with Crippen molar-refractivity contribution in [3.8, 4) is 0 Å². The average Bonchev–Trinajstić information content (AvgIpc) is 2.59. The number of hydrogen-bond acceptors (Lipinski definition) is 2. The second-order valence-electron chi connectivity index (χ2n) is 3.68. The van der Waals surface area contributed by atoms with Crippen LogP contribution in [-0.4, -0.2) is 24.2 Å². The molecule has 82 valence electrons. The number of benzene rings is 1. The number of fused-ring (bicyclic) bond motifs is 1. The Bertz CT molecular complexity index is 307. The number of hydrogen-bond donors (Lipinski definition) is 2. The number of nitrogens with one attached hydrogen (secondary N) is 1. The first-order valence-corrected chi connectivity index (χ1v) is 5.07. The summed E-state index contributed by atoms with van der Waals surface area (Å²) in [5.74, 6) is -0.833. The maximum atomic E-state index is 9.00. The average molecular weight is 207 g/mol. The largest absolute Gasteiger partial charge is 0.481 e. The molecule has 0 amide bonds. The maximum absolute atomic E-state index is 9.00. The van der Waals surface area contributed by atoms with E-state index < -0.39 is 5.97 Å². The summed E-state index contributed by atoms with van der Waals surface area (Å²) in [6, 6.07) is 9.38. The van der Waals surface area contributed by atoms with Gasteiger partial charge in [0.05, 0.1) is 0 Å². The van der Waals surface area contributed by atoms with E-state index in [-0.39, 0.29) is 0 Å². The lowest BCUT2D eigenvalue weighted by Crippen LogP contribution is -2.24. The predicted octanol–water partition coefficient (Wildman–Crippen LogP) is 1.46. The van der Waals surface area contributed by atoms with Gasteiger partial charge in [0, 0.05) is 13.0 Å². The molecule has 0 heterocycles. The van der Waals surface area contributed by atoms with E-state index in [1.807, 2.05) is 7.05 Å². The number of carboxylic acids is 1. The molecule has 2 rings (SSSR count). The Morgan fingerprint density at radius 2 is 1.73 bits per heavy atom. The fourth-order valence-electron chi connectivity index (χ4n) is 1.76.